The number of fused-ring (bicyclic) bond motifs is 1. The monoisotopic (exact) mass is 442 g/mol. The van der Waals surface area contributed by atoms with Crippen LogP contribution in [-0.2, 0) is 15.8 Å². The lowest BCUT2D eigenvalue weighted by Gasteiger charge is -2.18. The van der Waals surface area contributed by atoms with Gasteiger partial charge in [0.05, 0.1) is 12.1 Å². The quantitative estimate of drug-likeness (QED) is 0.168. The van der Waals surface area contributed by atoms with Gasteiger partial charge in [-0.25, -0.2) is 4.79 Å². The Morgan fingerprint density at radius 3 is 2.52 bits per heavy atom. The molecule has 2 aromatic rings. The zero-order valence-electron chi connectivity index (χ0n) is 16.2. The molecule has 10 nitrogen and oxygen atoms in total. The van der Waals surface area contributed by atoms with Gasteiger partial charge in [0.1, 0.15) is 11.6 Å². The van der Waals surface area contributed by atoms with Crippen LogP contribution in [0.1, 0.15) is 18.4 Å². The molecule has 1 aromatic heterocycles. The number of rotatable bonds is 8. The normalized spacial score (nSPS) is 12.3. The molecule has 0 bridgehead atoms. The van der Waals surface area contributed by atoms with E-state index in [1.807, 2.05) is 0 Å². The highest BCUT2D eigenvalue weighted by molar-refractivity contribution is 5.98. The van der Waals surface area contributed by atoms with Gasteiger partial charge in [-0.3, -0.25) is 14.6 Å². The van der Waals surface area contributed by atoms with Crippen molar-refractivity contribution in [1.29, 1.82) is 0 Å². The van der Waals surface area contributed by atoms with Gasteiger partial charge in [0.2, 0.25) is 11.8 Å². The molecule has 2 amide bonds. The van der Waals surface area contributed by atoms with Gasteiger partial charge in [-0.1, -0.05) is 0 Å². The van der Waals surface area contributed by atoms with Crippen molar-refractivity contribution < 1.29 is 27.2 Å². The smallest absolute Gasteiger partial charge is 0.417 e. The molecule has 13 heteroatoms. The van der Waals surface area contributed by atoms with E-state index in [0.717, 1.165) is 12.1 Å². The van der Waals surface area contributed by atoms with Gasteiger partial charge in [-0.15, -0.1) is 0 Å². The third-order valence-electron chi connectivity index (χ3n) is 4.10. The molecular formula is C18H21F3N6O4. The van der Waals surface area contributed by atoms with Crippen LogP contribution in [0.25, 0.3) is 11.0 Å². The van der Waals surface area contributed by atoms with E-state index in [2.05, 4.69) is 15.6 Å². The highest BCUT2D eigenvalue weighted by Gasteiger charge is 2.34. The van der Waals surface area contributed by atoms with Crippen molar-refractivity contribution in [3.8, 4) is 0 Å². The van der Waals surface area contributed by atoms with Gasteiger partial charge in [-0.05, 0) is 25.0 Å². The molecule has 0 aliphatic carbocycles. The number of halogens is 3. The predicted octanol–water partition coefficient (Wildman–Crippen LogP) is 0.247. The van der Waals surface area contributed by atoms with E-state index < -0.39 is 35.2 Å². The molecule has 0 saturated heterocycles. The lowest BCUT2D eigenvalue weighted by molar-refractivity contribution is -0.136. The molecule has 0 saturated carbocycles. The molecule has 2 rings (SSSR count). The van der Waals surface area contributed by atoms with Crippen molar-refractivity contribution in [2.45, 2.75) is 25.1 Å². The van der Waals surface area contributed by atoms with Gasteiger partial charge >= 0.3 is 11.8 Å². The summed E-state index contributed by atoms with van der Waals surface area (Å²) in [6.07, 6.45) is -4.25. The Kier molecular flexibility index (Phi) is 7.58. The van der Waals surface area contributed by atoms with Crippen molar-refractivity contribution in [3.63, 3.8) is 0 Å². The molecule has 0 fully saturated rings. The van der Waals surface area contributed by atoms with Crippen LogP contribution in [0.5, 0.6) is 0 Å². The fourth-order valence-electron chi connectivity index (χ4n) is 2.73. The lowest BCUT2D eigenvalue weighted by atomic mass is 10.1. The molecule has 0 radical (unpaired) electrons. The van der Waals surface area contributed by atoms with Gasteiger partial charge in [0.25, 0.3) is 0 Å². The number of nitrogens with two attached hydrogens (primary N) is 3. The molecule has 1 heterocycles. The Bertz CT molecular complexity index is 1050. The largest absolute Gasteiger partial charge is 0.423 e. The number of nitrogens with zero attached hydrogens (tertiary/aromatic N) is 1. The minimum Gasteiger partial charge on any atom is -0.423 e. The van der Waals surface area contributed by atoms with E-state index in [9.17, 15) is 27.6 Å². The van der Waals surface area contributed by atoms with E-state index >= 15 is 0 Å². The summed E-state index contributed by atoms with van der Waals surface area (Å²) in [6.45, 7) is -0.134. The first-order chi connectivity index (χ1) is 14.5. The van der Waals surface area contributed by atoms with Crippen molar-refractivity contribution in [2.24, 2.45) is 22.2 Å². The SMILES string of the molecule is NCC(=O)NC(CCCN=C(N)N)C(=O)Nc1ccc2c(C(F)(F)F)cc(=O)oc2c1. The third kappa shape index (κ3) is 6.70. The summed E-state index contributed by atoms with van der Waals surface area (Å²) in [4.78, 5) is 39.5. The number of carbonyl (C=O) groups is 2. The molecule has 168 valence electrons. The number of aliphatic imine (C=N–C) groups is 1. The number of anilines is 1. The fraction of sp³-hybridized carbons (Fsp3) is 0.333. The first-order valence-electron chi connectivity index (χ1n) is 9.02. The third-order valence-corrected chi connectivity index (χ3v) is 4.10. The second-order valence-corrected chi connectivity index (χ2v) is 6.45. The Morgan fingerprint density at radius 1 is 1.19 bits per heavy atom. The zero-order valence-corrected chi connectivity index (χ0v) is 16.2. The topological polar surface area (TPSA) is 179 Å². The fourth-order valence-corrected chi connectivity index (χ4v) is 2.73. The van der Waals surface area contributed by atoms with Crippen LogP contribution in [0, 0.1) is 0 Å². The minimum absolute atomic E-state index is 0.0659. The van der Waals surface area contributed by atoms with Crippen LogP contribution in [0.3, 0.4) is 0 Å². The summed E-state index contributed by atoms with van der Waals surface area (Å²) in [5.41, 5.74) is 13.1. The average molecular weight is 442 g/mol. The van der Waals surface area contributed by atoms with E-state index in [1.54, 1.807) is 0 Å². The number of hydrogen-bond donors (Lipinski definition) is 5. The van der Waals surface area contributed by atoms with E-state index in [1.165, 1.54) is 6.07 Å². The van der Waals surface area contributed by atoms with Crippen LogP contribution in [0.2, 0.25) is 0 Å². The highest BCUT2D eigenvalue weighted by Crippen LogP contribution is 2.34. The van der Waals surface area contributed by atoms with Crippen molar-refractivity contribution in [3.05, 3.63) is 40.2 Å². The maximum absolute atomic E-state index is 13.1. The number of carbonyl (C=O) groups excluding carboxylic acids is 2. The number of amides is 2. The van der Waals surface area contributed by atoms with Gasteiger partial charge in [0.15, 0.2) is 5.96 Å². The van der Waals surface area contributed by atoms with Gasteiger partial charge in [0, 0.05) is 29.8 Å². The number of hydrogen-bond acceptors (Lipinski definition) is 6. The average Bonchev–Trinajstić information content (AvgIpc) is 2.68. The molecule has 1 unspecified atom stereocenters. The van der Waals surface area contributed by atoms with Crippen LogP contribution >= 0.6 is 0 Å². The summed E-state index contributed by atoms with van der Waals surface area (Å²) in [5, 5.41) is 4.57. The Morgan fingerprint density at radius 2 is 1.90 bits per heavy atom. The predicted molar refractivity (Wildman–Crippen MR) is 107 cm³/mol. The first kappa shape index (κ1) is 23.7. The first-order valence-corrected chi connectivity index (χ1v) is 9.02. The molecule has 1 atom stereocenters. The Hall–Kier alpha value is -3.61. The van der Waals surface area contributed by atoms with Crippen LogP contribution < -0.4 is 33.5 Å². The lowest BCUT2D eigenvalue weighted by Crippen LogP contribution is -2.46. The number of alkyl halides is 3. The molecule has 0 aliphatic heterocycles. The maximum Gasteiger partial charge on any atom is 0.417 e. The Labute approximate surface area is 173 Å². The molecular weight excluding hydrogens is 421 g/mol. The van der Waals surface area contributed by atoms with Crippen molar-refractivity contribution >= 4 is 34.4 Å². The van der Waals surface area contributed by atoms with Crippen LogP contribution in [0.4, 0.5) is 18.9 Å². The van der Waals surface area contributed by atoms with E-state index in [0.29, 0.717) is 12.5 Å². The summed E-state index contributed by atoms with van der Waals surface area (Å²) in [6, 6.07) is 2.73. The second kappa shape index (κ2) is 9.93. The standard InChI is InChI=1S/C18H21F3N6O4/c19-18(20,21)11-7-15(29)31-13-6-9(3-4-10(11)13)26-16(30)12(27-14(28)8-22)2-1-5-25-17(23)24/h3-4,6-7,12H,1-2,5,8,22H2,(H,26,30)(H,27,28)(H4,23,24,25). The Balaban J connectivity index is 2.24. The highest BCUT2D eigenvalue weighted by atomic mass is 19.4. The second-order valence-electron chi connectivity index (χ2n) is 6.45. The van der Waals surface area contributed by atoms with Crippen molar-refractivity contribution in [2.75, 3.05) is 18.4 Å². The van der Waals surface area contributed by atoms with Gasteiger partial charge in [-0.2, -0.15) is 13.2 Å². The summed E-state index contributed by atoms with van der Waals surface area (Å²) in [5.74, 6) is -1.36. The van der Waals surface area contributed by atoms with Gasteiger partial charge < -0.3 is 32.3 Å². The molecule has 0 aliphatic rings. The van der Waals surface area contributed by atoms with E-state index in [-0.39, 0.29) is 42.1 Å². The van der Waals surface area contributed by atoms with Crippen LogP contribution in [-0.4, -0.2) is 36.9 Å². The maximum atomic E-state index is 13.1. The summed E-state index contributed by atoms with van der Waals surface area (Å²) in [7, 11) is 0. The molecule has 0 spiro atoms. The molecule has 8 N–H and O–H groups in total. The number of guanidine groups is 1. The zero-order chi connectivity index (χ0) is 23.2. The summed E-state index contributed by atoms with van der Waals surface area (Å²) >= 11 is 0. The number of benzene rings is 1. The number of nitrogens with one attached hydrogen (secondary N) is 2. The molecule has 31 heavy (non-hydrogen) atoms. The molecule has 1 aromatic carbocycles. The summed E-state index contributed by atoms with van der Waals surface area (Å²) < 4.78 is 44.3. The van der Waals surface area contributed by atoms with E-state index in [4.69, 9.17) is 21.6 Å². The van der Waals surface area contributed by atoms with Crippen molar-refractivity contribution in [1.82, 2.24) is 5.32 Å². The minimum atomic E-state index is -4.76. The van der Waals surface area contributed by atoms with Crippen LogP contribution in [0.15, 0.2) is 38.5 Å².